The molecule has 0 saturated carbocycles. The molecule has 7 nitrogen and oxygen atoms in total. The van der Waals surface area contributed by atoms with Gasteiger partial charge in [0, 0.05) is 12.6 Å². The largest absolute Gasteiger partial charge is 0.462 e. The fourth-order valence-electron chi connectivity index (χ4n) is 2.79. The van der Waals surface area contributed by atoms with Crippen molar-refractivity contribution in [1.29, 1.82) is 0 Å². The number of carbonyl (C=O) groups excluding carboxylic acids is 1. The third-order valence-corrected chi connectivity index (χ3v) is 5.58. The van der Waals surface area contributed by atoms with Crippen molar-refractivity contribution in [2.24, 2.45) is 0 Å². The van der Waals surface area contributed by atoms with Gasteiger partial charge < -0.3 is 4.74 Å². The number of halogens is 2. The van der Waals surface area contributed by atoms with Gasteiger partial charge in [-0.2, -0.15) is 13.5 Å². The van der Waals surface area contributed by atoms with Gasteiger partial charge in [0.15, 0.2) is 10.8 Å². The van der Waals surface area contributed by atoms with Crippen LogP contribution in [0.1, 0.15) is 29.3 Å². The van der Waals surface area contributed by atoms with Gasteiger partial charge in [-0.25, -0.2) is 13.6 Å². The summed E-state index contributed by atoms with van der Waals surface area (Å²) in [7, 11) is -4.31. The number of aryl methyl sites for hydroxylation is 1. The van der Waals surface area contributed by atoms with Crippen LogP contribution in [0.5, 0.6) is 0 Å². The molecule has 1 aromatic carbocycles. The molecule has 10 heteroatoms. The van der Waals surface area contributed by atoms with E-state index >= 15 is 0 Å². The van der Waals surface area contributed by atoms with Crippen molar-refractivity contribution in [2.75, 3.05) is 17.5 Å². The Morgan fingerprint density at radius 2 is 2.16 bits per heavy atom. The van der Waals surface area contributed by atoms with Crippen LogP contribution in [0.15, 0.2) is 23.4 Å². The van der Waals surface area contributed by atoms with Gasteiger partial charge in [-0.15, -0.1) is 0 Å². The Kier molecular flexibility index (Phi) is 4.46. The molecule has 0 fully saturated rings. The summed E-state index contributed by atoms with van der Waals surface area (Å²) in [5.41, 5.74) is -0.224. The van der Waals surface area contributed by atoms with Gasteiger partial charge in [0.25, 0.3) is 10.0 Å². The number of sulfonamides is 1. The molecule has 2 heterocycles. The highest BCUT2D eigenvalue weighted by atomic mass is 32.2. The first kappa shape index (κ1) is 17.3. The summed E-state index contributed by atoms with van der Waals surface area (Å²) >= 11 is 0. The maximum Gasteiger partial charge on any atom is 0.342 e. The molecule has 0 bridgehead atoms. The second-order valence-corrected chi connectivity index (χ2v) is 7.21. The zero-order chi connectivity index (χ0) is 18.2. The zero-order valence-electron chi connectivity index (χ0n) is 13.3. The summed E-state index contributed by atoms with van der Waals surface area (Å²) in [6, 6.07) is 1.74. The lowest BCUT2D eigenvalue weighted by Gasteiger charge is -2.30. The van der Waals surface area contributed by atoms with Gasteiger partial charge >= 0.3 is 5.97 Å². The zero-order valence-corrected chi connectivity index (χ0v) is 14.1. The van der Waals surface area contributed by atoms with E-state index in [9.17, 15) is 22.0 Å². The molecule has 0 atom stereocenters. The third-order valence-electron chi connectivity index (χ3n) is 3.81. The van der Waals surface area contributed by atoms with Crippen LogP contribution in [0.25, 0.3) is 0 Å². The smallest absolute Gasteiger partial charge is 0.342 e. The number of benzene rings is 1. The minimum absolute atomic E-state index is 0.000822. The minimum atomic E-state index is -4.31. The predicted octanol–water partition coefficient (Wildman–Crippen LogP) is 2.01. The van der Waals surface area contributed by atoms with Crippen molar-refractivity contribution in [3.8, 4) is 0 Å². The van der Waals surface area contributed by atoms with Crippen LogP contribution in [0, 0.1) is 11.6 Å². The summed E-state index contributed by atoms with van der Waals surface area (Å²) in [5.74, 6) is -2.61. The molecule has 0 radical (unpaired) electrons. The molecule has 1 aliphatic rings. The van der Waals surface area contributed by atoms with E-state index in [2.05, 4.69) is 10.2 Å². The van der Waals surface area contributed by atoms with Gasteiger partial charge in [-0.3, -0.25) is 9.40 Å². The Bertz CT molecular complexity index is 927. The Labute approximate surface area is 142 Å². The van der Waals surface area contributed by atoms with Crippen molar-refractivity contribution in [3.05, 3.63) is 41.1 Å². The number of nitrogens with one attached hydrogen (secondary N) is 1. The van der Waals surface area contributed by atoms with Crippen LogP contribution in [0.4, 0.5) is 14.5 Å². The molecule has 0 aliphatic carbocycles. The minimum Gasteiger partial charge on any atom is -0.462 e. The Morgan fingerprint density at radius 1 is 1.40 bits per heavy atom. The number of anilines is 1. The van der Waals surface area contributed by atoms with Crippen molar-refractivity contribution in [2.45, 2.75) is 24.8 Å². The van der Waals surface area contributed by atoms with Crippen LogP contribution in [0.3, 0.4) is 0 Å². The average molecular weight is 371 g/mol. The molecule has 2 aromatic rings. The molecule has 0 saturated heterocycles. The van der Waals surface area contributed by atoms with E-state index in [0.29, 0.717) is 18.9 Å². The SMILES string of the molecule is CCOC(=O)c1cn[nH]c1S(=O)(=O)N1CCCc2cc(F)cc(F)c21. The second kappa shape index (κ2) is 6.43. The molecule has 0 amide bonds. The lowest BCUT2D eigenvalue weighted by atomic mass is 10.0. The van der Waals surface area contributed by atoms with Crippen LogP contribution in [-0.4, -0.2) is 37.7 Å². The number of rotatable bonds is 4. The van der Waals surface area contributed by atoms with Gasteiger partial charge in [0.1, 0.15) is 11.4 Å². The Morgan fingerprint density at radius 3 is 2.88 bits per heavy atom. The maximum absolute atomic E-state index is 14.3. The van der Waals surface area contributed by atoms with Gasteiger partial charge in [0.05, 0.1) is 18.5 Å². The summed E-state index contributed by atoms with van der Waals surface area (Å²) in [6.45, 7) is 1.64. The summed E-state index contributed by atoms with van der Waals surface area (Å²) in [6.07, 6.45) is 1.78. The van der Waals surface area contributed by atoms with E-state index in [0.717, 1.165) is 16.6 Å². The molecule has 1 N–H and O–H groups in total. The quantitative estimate of drug-likeness (QED) is 0.830. The molecular weight excluding hydrogens is 356 g/mol. The Hall–Kier alpha value is -2.49. The molecule has 0 spiro atoms. The van der Waals surface area contributed by atoms with Gasteiger partial charge in [-0.05, 0) is 31.4 Å². The third kappa shape index (κ3) is 2.97. The number of hydrogen-bond acceptors (Lipinski definition) is 5. The fourth-order valence-corrected chi connectivity index (χ4v) is 4.41. The van der Waals surface area contributed by atoms with Crippen LogP contribution in [-0.2, 0) is 21.2 Å². The lowest BCUT2D eigenvalue weighted by molar-refractivity contribution is 0.0522. The van der Waals surface area contributed by atoms with Crippen LogP contribution < -0.4 is 4.31 Å². The number of H-pyrrole nitrogens is 1. The number of ether oxygens (including phenoxy) is 1. The number of fused-ring (bicyclic) bond motifs is 1. The van der Waals surface area contributed by atoms with Gasteiger partial charge in [-0.1, -0.05) is 0 Å². The first-order chi connectivity index (χ1) is 11.9. The highest BCUT2D eigenvalue weighted by Gasteiger charge is 2.36. The number of aromatic amines is 1. The number of nitrogens with zero attached hydrogens (tertiary/aromatic N) is 2. The number of carbonyl (C=O) groups is 1. The lowest BCUT2D eigenvalue weighted by Crippen LogP contribution is -2.37. The number of esters is 1. The van der Waals surface area contributed by atoms with E-state index in [-0.39, 0.29) is 30.0 Å². The van der Waals surface area contributed by atoms with Crippen LogP contribution in [0.2, 0.25) is 0 Å². The summed E-state index contributed by atoms with van der Waals surface area (Å²) < 4.78 is 59.3. The number of aromatic nitrogens is 2. The van der Waals surface area contributed by atoms with E-state index in [4.69, 9.17) is 4.74 Å². The summed E-state index contributed by atoms with van der Waals surface area (Å²) in [5, 5.41) is 5.38. The molecule has 3 rings (SSSR count). The van der Waals surface area contributed by atoms with E-state index in [1.807, 2.05) is 0 Å². The number of hydrogen-bond donors (Lipinski definition) is 1. The first-order valence-corrected chi connectivity index (χ1v) is 9.01. The normalized spacial score (nSPS) is 14.3. The van der Waals surface area contributed by atoms with Crippen molar-refractivity contribution < 1.29 is 26.7 Å². The fraction of sp³-hybridized carbons (Fsp3) is 0.333. The van der Waals surface area contributed by atoms with Crippen molar-refractivity contribution in [1.82, 2.24) is 10.2 Å². The molecule has 134 valence electrons. The van der Waals surface area contributed by atoms with E-state index in [1.165, 1.54) is 0 Å². The first-order valence-electron chi connectivity index (χ1n) is 7.57. The van der Waals surface area contributed by atoms with Crippen LogP contribution >= 0.6 is 0 Å². The van der Waals surface area contributed by atoms with E-state index < -0.39 is 32.7 Å². The molecule has 0 unspecified atom stereocenters. The van der Waals surface area contributed by atoms with Crippen molar-refractivity contribution in [3.63, 3.8) is 0 Å². The molecular formula is C15H15F2N3O4S. The summed E-state index contributed by atoms with van der Waals surface area (Å²) in [4.78, 5) is 11.9. The topological polar surface area (TPSA) is 92.4 Å². The highest BCUT2D eigenvalue weighted by Crippen LogP contribution is 2.35. The molecule has 1 aromatic heterocycles. The highest BCUT2D eigenvalue weighted by molar-refractivity contribution is 7.92. The van der Waals surface area contributed by atoms with Gasteiger partial charge in [0.2, 0.25) is 0 Å². The monoisotopic (exact) mass is 371 g/mol. The van der Waals surface area contributed by atoms with E-state index in [1.54, 1.807) is 6.92 Å². The molecule has 1 aliphatic heterocycles. The van der Waals surface area contributed by atoms with Crippen molar-refractivity contribution >= 4 is 21.7 Å². The average Bonchev–Trinajstić information content (AvgIpc) is 3.04. The maximum atomic E-state index is 14.3. The molecule has 25 heavy (non-hydrogen) atoms. The standard InChI is InChI=1S/C15H15F2N3O4S/c1-2-24-15(21)11-8-18-19-14(11)25(22,23)20-5-3-4-9-6-10(16)7-12(17)13(9)20/h6-8H,2-5H2,1H3,(H,18,19). The Balaban J connectivity index is 2.10. The predicted molar refractivity (Wildman–Crippen MR) is 83.8 cm³/mol. The second-order valence-electron chi connectivity index (χ2n) is 5.41.